The molecule has 4 rings (SSSR count). The van der Waals surface area contributed by atoms with Gasteiger partial charge in [-0.05, 0) is 36.4 Å². The van der Waals surface area contributed by atoms with Crippen molar-refractivity contribution in [2.24, 2.45) is 0 Å². The van der Waals surface area contributed by atoms with Crippen LogP contribution in [-0.2, 0) is 0 Å². The van der Waals surface area contributed by atoms with E-state index < -0.39 is 0 Å². The molecule has 1 amide bonds. The van der Waals surface area contributed by atoms with Crippen LogP contribution in [0, 0.1) is 11.8 Å². The molecule has 1 aromatic heterocycles. The second kappa shape index (κ2) is 7.06. The molecule has 0 spiro atoms. The van der Waals surface area contributed by atoms with Gasteiger partial charge in [-0.2, -0.15) is 0 Å². The standard InChI is InChI=1S/C20H14N4O3/c21-20-22-10-14(11-23-20)5-4-13-2-1-3-16(8-13)24-19(25)15-6-7-17-18(9-15)27-12-26-17/h1-3,6-11H,12H2,(H,24,25)(H2,21,22,23). The summed E-state index contributed by atoms with van der Waals surface area (Å²) < 4.78 is 10.6. The molecule has 2 aromatic carbocycles. The first-order valence-corrected chi connectivity index (χ1v) is 8.08. The Kier molecular flexibility index (Phi) is 4.29. The molecule has 1 aliphatic rings. The van der Waals surface area contributed by atoms with E-state index in [0.29, 0.717) is 28.3 Å². The van der Waals surface area contributed by atoms with E-state index in [-0.39, 0.29) is 18.6 Å². The van der Waals surface area contributed by atoms with E-state index in [1.54, 1.807) is 42.7 Å². The second-order valence-corrected chi connectivity index (χ2v) is 5.68. The lowest BCUT2D eigenvalue weighted by atomic mass is 10.1. The van der Waals surface area contributed by atoms with E-state index in [0.717, 1.165) is 5.56 Å². The third-order valence-corrected chi connectivity index (χ3v) is 3.78. The zero-order valence-electron chi connectivity index (χ0n) is 14.1. The summed E-state index contributed by atoms with van der Waals surface area (Å²) in [7, 11) is 0. The number of anilines is 2. The third kappa shape index (κ3) is 3.80. The molecule has 0 saturated heterocycles. The number of nitrogens with one attached hydrogen (secondary N) is 1. The van der Waals surface area contributed by atoms with Gasteiger partial charge in [0.2, 0.25) is 12.7 Å². The van der Waals surface area contributed by atoms with Crippen LogP contribution in [0.5, 0.6) is 11.5 Å². The van der Waals surface area contributed by atoms with E-state index in [4.69, 9.17) is 15.2 Å². The Morgan fingerprint density at radius 1 is 1.00 bits per heavy atom. The summed E-state index contributed by atoms with van der Waals surface area (Å²) in [5, 5.41) is 2.85. The van der Waals surface area contributed by atoms with E-state index in [1.807, 2.05) is 12.1 Å². The first kappa shape index (κ1) is 16.4. The largest absolute Gasteiger partial charge is 0.454 e. The van der Waals surface area contributed by atoms with E-state index in [2.05, 4.69) is 27.1 Å². The molecule has 3 aromatic rings. The van der Waals surface area contributed by atoms with E-state index in [1.165, 1.54) is 0 Å². The van der Waals surface area contributed by atoms with Crippen LogP contribution in [0.2, 0.25) is 0 Å². The van der Waals surface area contributed by atoms with Crippen molar-refractivity contribution in [1.29, 1.82) is 0 Å². The normalized spacial score (nSPS) is 11.4. The molecule has 0 saturated carbocycles. The van der Waals surface area contributed by atoms with Crippen LogP contribution < -0.4 is 20.5 Å². The molecule has 0 atom stereocenters. The lowest BCUT2D eigenvalue weighted by molar-refractivity contribution is 0.102. The molecule has 27 heavy (non-hydrogen) atoms. The Balaban J connectivity index is 1.49. The molecule has 3 N–H and O–H groups in total. The fraction of sp³-hybridized carbons (Fsp3) is 0.0500. The van der Waals surface area contributed by atoms with Crippen molar-refractivity contribution in [3.63, 3.8) is 0 Å². The van der Waals surface area contributed by atoms with Gasteiger partial charge < -0.3 is 20.5 Å². The van der Waals surface area contributed by atoms with Gasteiger partial charge in [0.15, 0.2) is 11.5 Å². The Morgan fingerprint density at radius 3 is 2.63 bits per heavy atom. The highest BCUT2D eigenvalue weighted by Gasteiger charge is 2.16. The predicted octanol–water partition coefficient (Wildman–Crippen LogP) is 2.44. The number of nitrogens with two attached hydrogens (primary N) is 1. The Labute approximate surface area is 155 Å². The van der Waals surface area contributed by atoms with E-state index >= 15 is 0 Å². The summed E-state index contributed by atoms with van der Waals surface area (Å²) in [6.07, 6.45) is 3.11. The van der Waals surface area contributed by atoms with Gasteiger partial charge in [0, 0.05) is 29.2 Å². The molecule has 0 radical (unpaired) electrons. The fourth-order valence-corrected chi connectivity index (χ4v) is 2.46. The molecule has 0 aliphatic carbocycles. The summed E-state index contributed by atoms with van der Waals surface area (Å²) in [4.78, 5) is 20.3. The third-order valence-electron chi connectivity index (χ3n) is 3.78. The van der Waals surface area contributed by atoms with Gasteiger partial charge >= 0.3 is 0 Å². The number of carbonyl (C=O) groups excluding carboxylic acids is 1. The number of aromatic nitrogens is 2. The maximum atomic E-state index is 12.5. The monoisotopic (exact) mass is 358 g/mol. The number of fused-ring (bicyclic) bond motifs is 1. The highest BCUT2D eigenvalue weighted by molar-refractivity contribution is 6.04. The van der Waals surface area contributed by atoms with Crippen LogP contribution in [0.25, 0.3) is 0 Å². The first-order valence-electron chi connectivity index (χ1n) is 8.08. The first-order chi connectivity index (χ1) is 13.2. The minimum Gasteiger partial charge on any atom is -0.454 e. The molecule has 1 aliphatic heterocycles. The fourth-order valence-electron chi connectivity index (χ4n) is 2.46. The van der Waals surface area contributed by atoms with E-state index in [9.17, 15) is 4.79 Å². The number of benzene rings is 2. The number of nitrogens with zero attached hydrogens (tertiary/aromatic N) is 2. The summed E-state index contributed by atoms with van der Waals surface area (Å²) in [6.45, 7) is 0.167. The van der Waals surface area contributed by atoms with Gasteiger partial charge in [-0.1, -0.05) is 17.9 Å². The van der Waals surface area contributed by atoms with Gasteiger partial charge in [-0.15, -0.1) is 0 Å². The molecule has 7 nitrogen and oxygen atoms in total. The highest BCUT2D eigenvalue weighted by Crippen LogP contribution is 2.32. The lowest BCUT2D eigenvalue weighted by Gasteiger charge is -2.06. The van der Waals surface area contributed by atoms with Crippen LogP contribution in [0.15, 0.2) is 54.9 Å². The number of hydrogen-bond acceptors (Lipinski definition) is 6. The van der Waals surface area contributed by atoms with Crippen molar-refractivity contribution in [1.82, 2.24) is 9.97 Å². The number of nitrogen functional groups attached to an aromatic ring is 1. The van der Waals surface area contributed by atoms with Crippen molar-refractivity contribution >= 4 is 17.5 Å². The van der Waals surface area contributed by atoms with Crippen LogP contribution in [-0.4, -0.2) is 22.7 Å². The average Bonchev–Trinajstić information content (AvgIpc) is 3.16. The molecule has 0 bridgehead atoms. The summed E-state index contributed by atoms with van der Waals surface area (Å²) >= 11 is 0. The van der Waals surface area contributed by atoms with Gasteiger partial charge in [0.1, 0.15) is 0 Å². The van der Waals surface area contributed by atoms with Gasteiger partial charge in [0.05, 0.1) is 5.56 Å². The van der Waals surface area contributed by atoms with Crippen LogP contribution in [0.4, 0.5) is 11.6 Å². The van der Waals surface area contributed by atoms with Crippen LogP contribution in [0.3, 0.4) is 0 Å². The quantitative estimate of drug-likeness (QED) is 0.683. The Morgan fingerprint density at radius 2 is 1.78 bits per heavy atom. The van der Waals surface area contributed by atoms with Crippen LogP contribution >= 0.6 is 0 Å². The Hall–Kier alpha value is -4.05. The SMILES string of the molecule is Nc1ncc(C#Cc2cccc(NC(=O)c3ccc4c(c3)OCO4)c2)cn1. The average molecular weight is 358 g/mol. The molecule has 132 valence electrons. The van der Waals surface area contributed by atoms with Crippen molar-refractivity contribution in [2.45, 2.75) is 0 Å². The molecule has 0 fully saturated rings. The van der Waals surface area contributed by atoms with Gasteiger partial charge in [-0.25, -0.2) is 9.97 Å². The number of ether oxygens (including phenoxy) is 2. The topological polar surface area (TPSA) is 99.4 Å². The number of carbonyl (C=O) groups is 1. The zero-order chi connectivity index (χ0) is 18.6. The van der Waals surface area contributed by atoms with Gasteiger partial charge in [-0.3, -0.25) is 4.79 Å². The number of rotatable bonds is 2. The Bertz CT molecular complexity index is 1070. The molecule has 7 heteroatoms. The minimum atomic E-state index is -0.245. The lowest BCUT2D eigenvalue weighted by Crippen LogP contribution is -2.11. The summed E-state index contributed by atoms with van der Waals surface area (Å²) in [6, 6.07) is 12.3. The van der Waals surface area contributed by atoms with Gasteiger partial charge in [0.25, 0.3) is 5.91 Å². The molecular formula is C20H14N4O3. The maximum Gasteiger partial charge on any atom is 0.255 e. The molecule has 0 unspecified atom stereocenters. The summed E-state index contributed by atoms with van der Waals surface area (Å²) in [5.41, 5.74) is 7.97. The minimum absolute atomic E-state index is 0.167. The van der Waals surface area contributed by atoms with Crippen LogP contribution in [0.1, 0.15) is 21.5 Å². The van der Waals surface area contributed by atoms with Crippen molar-refractivity contribution in [3.8, 4) is 23.3 Å². The molecule has 2 heterocycles. The van der Waals surface area contributed by atoms with Crippen molar-refractivity contribution in [3.05, 3.63) is 71.5 Å². The number of hydrogen-bond donors (Lipinski definition) is 2. The van der Waals surface area contributed by atoms with Crippen molar-refractivity contribution < 1.29 is 14.3 Å². The summed E-state index contributed by atoms with van der Waals surface area (Å²) in [5.74, 6) is 7.12. The highest BCUT2D eigenvalue weighted by atomic mass is 16.7. The number of amides is 1. The second-order valence-electron chi connectivity index (χ2n) is 5.68. The smallest absolute Gasteiger partial charge is 0.255 e. The molecular weight excluding hydrogens is 344 g/mol. The zero-order valence-corrected chi connectivity index (χ0v) is 14.1. The maximum absolute atomic E-state index is 12.5. The van der Waals surface area contributed by atoms with Crippen molar-refractivity contribution in [2.75, 3.05) is 17.8 Å². The predicted molar refractivity (Wildman–Crippen MR) is 99.4 cm³/mol.